The Hall–Kier alpha value is -0.690. The number of hydrogen-bond acceptors (Lipinski definition) is 3. The smallest absolute Gasteiger partial charge is 0.233 e. The maximum absolute atomic E-state index is 11.6. The first-order chi connectivity index (χ1) is 6.77. The number of rotatable bonds is 4. The van der Waals surface area contributed by atoms with E-state index in [-0.39, 0.29) is 17.2 Å². The van der Waals surface area contributed by atoms with Gasteiger partial charge in [0.1, 0.15) is 0 Å². The largest absolute Gasteiger partial charge is 0.351 e. The summed E-state index contributed by atoms with van der Waals surface area (Å²) in [5.41, 5.74) is 0. The normalized spacial score (nSPS) is 22.7. The maximum atomic E-state index is 11.6. The number of carbonyl (C=O) groups excluding carboxylic acids is 1. The van der Waals surface area contributed by atoms with Crippen LogP contribution in [0.1, 0.15) is 32.6 Å². The van der Waals surface area contributed by atoms with Crippen molar-refractivity contribution in [3.8, 4) is 6.07 Å². The second-order valence-electron chi connectivity index (χ2n) is 3.48. The van der Waals surface area contributed by atoms with Gasteiger partial charge in [-0.3, -0.25) is 4.79 Å². The molecule has 1 saturated heterocycles. The standard InChI is InChI=1S/C10H16N2OS/c1-2-8(5-6-11)12-10(13)9-4-3-7-14-9/h8-9H,2-5,7H2,1H3,(H,12,13). The molecule has 1 fully saturated rings. The van der Waals surface area contributed by atoms with E-state index in [0.29, 0.717) is 6.42 Å². The Kier molecular flexibility index (Phi) is 4.81. The quantitative estimate of drug-likeness (QED) is 0.771. The van der Waals surface area contributed by atoms with E-state index >= 15 is 0 Å². The molecule has 0 aromatic rings. The molecule has 2 atom stereocenters. The highest BCUT2D eigenvalue weighted by atomic mass is 32.2. The van der Waals surface area contributed by atoms with Crippen LogP contribution < -0.4 is 5.32 Å². The van der Waals surface area contributed by atoms with Gasteiger partial charge in [0.2, 0.25) is 5.91 Å². The van der Waals surface area contributed by atoms with Gasteiger partial charge < -0.3 is 5.32 Å². The molecular formula is C10H16N2OS. The average Bonchev–Trinajstić information content (AvgIpc) is 2.69. The van der Waals surface area contributed by atoms with Crippen LogP contribution in [0.25, 0.3) is 0 Å². The van der Waals surface area contributed by atoms with Crippen molar-refractivity contribution in [1.82, 2.24) is 5.32 Å². The second kappa shape index (κ2) is 5.92. The van der Waals surface area contributed by atoms with E-state index in [1.165, 1.54) is 0 Å². The second-order valence-corrected chi connectivity index (χ2v) is 4.79. The number of thioether (sulfide) groups is 1. The van der Waals surface area contributed by atoms with E-state index in [1.54, 1.807) is 11.8 Å². The molecule has 0 aromatic heterocycles. The lowest BCUT2D eigenvalue weighted by molar-refractivity contribution is -0.121. The van der Waals surface area contributed by atoms with Crippen LogP contribution >= 0.6 is 11.8 Å². The summed E-state index contributed by atoms with van der Waals surface area (Å²) in [7, 11) is 0. The van der Waals surface area contributed by atoms with Crippen molar-refractivity contribution in [3.63, 3.8) is 0 Å². The minimum Gasteiger partial charge on any atom is -0.351 e. The third kappa shape index (κ3) is 3.22. The lowest BCUT2D eigenvalue weighted by Gasteiger charge is -2.16. The van der Waals surface area contributed by atoms with Gasteiger partial charge in [0, 0.05) is 6.04 Å². The van der Waals surface area contributed by atoms with E-state index < -0.39 is 0 Å². The van der Waals surface area contributed by atoms with Crippen molar-refractivity contribution < 1.29 is 4.79 Å². The number of amides is 1. The Bertz CT molecular complexity index is 231. The summed E-state index contributed by atoms with van der Waals surface area (Å²) < 4.78 is 0. The highest BCUT2D eigenvalue weighted by Crippen LogP contribution is 2.26. The van der Waals surface area contributed by atoms with Gasteiger partial charge >= 0.3 is 0 Å². The lowest BCUT2D eigenvalue weighted by Crippen LogP contribution is -2.39. The third-order valence-corrected chi connectivity index (χ3v) is 3.78. The topological polar surface area (TPSA) is 52.9 Å². The van der Waals surface area contributed by atoms with Crippen molar-refractivity contribution in [2.75, 3.05) is 5.75 Å². The zero-order valence-electron chi connectivity index (χ0n) is 8.45. The summed E-state index contributed by atoms with van der Waals surface area (Å²) >= 11 is 1.73. The van der Waals surface area contributed by atoms with Crippen LogP contribution in [-0.2, 0) is 4.79 Å². The predicted molar refractivity (Wildman–Crippen MR) is 57.9 cm³/mol. The molecular weight excluding hydrogens is 196 g/mol. The lowest BCUT2D eigenvalue weighted by atomic mass is 10.1. The molecule has 4 heteroatoms. The van der Waals surface area contributed by atoms with Gasteiger partial charge in [0.25, 0.3) is 0 Å². The molecule has 14 heavy (non-hydrogen) atoms. The van der Waals surface area contributed by atoms with Crippen LogP contribution in [0.5, 0.6) is 0 Å². The van der Waals surface area contributed by atoms with Crippen LogP contribution in [0.4, 0.5) is 0 Å². The van der Waals surface area contributed by atoms with Gasteiger partial charge in [-0.05, 0) is 25.0 Å². The van der Waals surface area contributed by atoms with Crippen molar-refractivity contribution in [2.45, 2.75) is 43.9 Å². The van der Waals surface area contributed by atoms with Crippen molar-refractivity contribution >= 4 is 17.7 Å². The molecule has 2 unspecified atom stereocenters. The summed E-state index contributed by atoms with van der Waals surface area (Å²) in [6.45, 7) is 1.99. The molecule has 0 aliphatic carbocycles. The van der Waals surface area contributed by atoms with Gasteiger partial charge in [-0.25, -0.2) is 0 Å². The number of nitriles is 1. The molecule has 3 nitrogen and oxygen atoms in total. The number of hydrogen-bond donors (Lipinski definition) is 1. The fourth-order valence-corrected chi connectivity index (χ4v) is 2.66. The molecule has 1 amide bonds. The van der Waals surface area contributed by atoms with E-state index in [1.807, 2.05) is 6.92 Å². The fourth-order valence-electron chi connectivity index (χ4n) is 1.49. The molecule has 78 valence electrons. The number of nitrogens with zero attached hydrogens (tertiary/aromatic N) is 1. The first-order valence-corrected chi connectivity index (χ1v) is 6.11. The molecule has 0 aromatic carbocycles. The van der Waals surface area contributed by atoms with Crippen molar-refractivity contribution in [2.24, 2.45) is 0 Å². The van der Waals surface area contributed by atoms with Crippen LogP contribution in [-0.4, -0.2) is 23.0 Å². The minimum atomic E-state index is 0.0358. The Balaban J connectivity index is 2.34. The molecule has 1 rings (SSSR count). The van der Waals surface area contributed by atoms with Crippen molar-refractivity contribution in [3.05, 3.63) is 0 Å². The Morgan fingerprint density at radius 2 is 2.57 bits per heavy atom. The summed E-state index contributed by atoms with van der Waals surface area (Å²) in [5.74, 6) is 1.21. The van der Waals surface area contributed by atoms with E-state index in [4.69, 9.17) is 5.26 Å². The number of nitrogens with one attached hydrogen (secondary N) is 1. The Labute approximate surface area is 89.2 Å². The maximum Gasteiger partial charge on any atom is 0.233 e. The summed E-state index contributed by atoms with van der Waals surface area (Å²) in [5, 5.41) is 11.6. The van der Waals surface area contributed by atoms with E-state index in [2.05, 4.69) is 11.4 Å². The number of carbonyl (C=O) groups is 1. The zero-order valence-corrected chi connectivity index (χ0v) is 9.27. The van der Waals surface area contributed by atoms with Gasteiger partial charge in [-0.2, -0.15) is 5.26 Å². The molecule has 1 N–H and O–H groups in total. The van der Waals surface area contributed by atoms with E-state index in [0.717, 1.165) is 25.0 Å². The first kappa shape index (κ1) is 11.4. The Morgan fingerprint density at radius 1 is 1.79 bits per heavy atom. The molecule has 0 saturated carbocycles. The fraction of sp³-hybridized carbons (Fsp3) is 0.800. The van der Waals surface area contributed by atoms with Crippen LogP contribution in [0.3, 0.4) is 0 Å². The van der Waals surface area contributed by atoms with Gasteiger partial charge in [0.15, 0.2) is 0 Å². The van der Waals surface area contributed by atoms with Crippen LogP contribution in [0, 0.1) is 11.3 Å². The molecule has 1 aliphatic rings. The molecule has 1 aliphatic heterocycles. The van der Waals surface area contributed by atoms with Gasteiger partial charge in [0.05, 0.1) is 17.7 Å². The van der Waals surface area contributed by atoms with Crippen LogP contribution in [0.2, 0.25) is 0 Å². The molecule has 0 radical (unpaired) electrons. The predicted octanol–water partition coefficient (Wildman–Crippen LogP) is 1.69. The zero-order chi connectivity index (χ0) is 10.4. The summed E-state index contributed by atoms with van der Waals surface area (Å²) in [6.07, 6.45) is 3.37. The van der Waals surface area contributed by atoms with Gasteiger partial charge in [-0.15, -0.1) is 11.8 Å². The highest BCUT2D eigenvalue weighted by molar-refractivity contribution is 8.00. The molecule has 1 heterocycles. The Morgan fingerprint density at radius 3 is 3.07 bits per heavy atom. The van der Waals surface area contributed by atoms with Crippen molar-refractivity contribution in [1.29, 1.82) is 5.26 Å². The summed E-state index contributed by atoms with van der Waals surface area (Å²) in [4.78, 5) is 11.6. The van der Waals surface area contributed by atoms with Crippen LogP contribution in [0.15, 0.2) is 0 Å². The summed E-state index contributed by atoms with van der Waals surface area (Å²) in [6, 6.07) is 2.13. The highest BCUT2D eigenvalue weighted by Gasteiger charge is 2.24. The van der Waals surface area contributed by atoms with E-state index in [9.17, 15) is 4.79 Å². The minimum absolute atomic E-state index is 0.0358. The van der Waals surface area contributed by atoms with Gasteiger partial charge in [-0.1, -0.05) is 6.92 Å². The third-order valence-electron chi connectivity index (χ3n) is 2.40. The SMILES string of the molecule is CCC(CC#N)NC(=O)C1CCCS1. The molecule has 0 spiro atoms. The first-order valence-electron chi connectivity index (χ1n) is 5.06. The monoisotopic (exact) mass is 212 g/mol. The average molecular weight is 212 g/mol. The molecule has 0 bridgehead atoms.